The van der Waals surface area contributed by atoms with Gasteiger partial charge in [-0.05, 0) is 55.4 Å². The van der Waals surface area contributed by atoms with E-state index in [0.29, 0.717) is 0 Å². The molecule has 274 valence electrons. The summed E-state index contributed by atoms with van der Waals surface area (Å²) in [6.45, 7) is 12.6. The molecule has 0 unspecified atom stereocenters. The summed E-state index contributed by atoms with van der Waals surface area (Å²) in [6.07, 6.45) is 0.506. The molecule has 3 N–H and O–H groups in total. The van der Waals surface area contributed by atoms with Crippen molar-refractivity contribution in [3.8, 4) is 0 Å². The van der Waals surface area contributed by atoms with Crippen LogP contribution in [-0.4, -0.2) is 131 Å². The molecule has 0 spiro atoms. The van der Waals surface area contributed by atoms with E-state index in [-0.39, 0.29) is 36.3 Å². The molecule has 3 fully saturated rings. The number of hydrogen-bond acceptors (Lipinski definition) is 14. The van der Waals surface area contributed by atoms with E-state index in [2.05, 4.69) is 25.9 Å². The molecule has 3 atom stereocenters. The van der Waals surface area contributed by atoms with Crippen molar-refractivity contribution in [1.82, 2.24) is 25.1 Å². The van der Waals surface area contributed by atoms with Crippen LogP contribution in [0.2, 0.25) is 0 Å². The van der Waals surface area contributed by atoms with Gasteiger partial charge in [0.1, 0.15) is 28.3 Å². The third-order valence-electron chi connectivity index (χ3n) is 7.00. The van der Waals surface area contributed by atoms with Crippen molar-refractivity contribution in [2.75, 3.05) is 30.8 Å². The number of nitrogens with zero attached hydrogens (tertiary/aromatic N) is 6. The highest BCUT2D eigenvalue weighted by atomic mass is 35.5. The minimum absolute atomic E-state index is 0.0224. The van der Waals surface area contributed by atoms with Crippen molar-refractivity contribution in [3.63, 3.8) is 0 Å². The first-order valence-electron chi connectivity index (χ1n) is 15.2. The number of halogens is 1. The molecule has 1 aromatic rings. The Kier molecular flexibility index (Phi) is 11.0. The molecule has 5 amide bonds. The number of aromatic nitrogens is 1. The Labute approximate surface area is 300 Å². The molecular weight excluding hydrogens is 720 g/mol. The molecule has 0 radical (unpaired) electrons. The topological polar surface area (TPSA) is 222 Å². The van der Waals surface area contributed by atoms with Crippen LogP contribution in [0.4, 0.5) is 14.7 Å². The maximum absolute atomic E-state index is 13.8. The lowest BCUT2D eigenvalue weighted by molar-refractivity contribution is -0.179. The van der Waals surface area contributed by atoms with E-state index in [1.165, 1.54) is 30.3 Å². The lowest BCUT2D eigenvalue weighted by Gasteiger charge is -2.41. The molecule has 18 nitrogen and oxygen atoms in total. The van der Waals surface area contributed by atoms with E-state index in [4.69, 9.17) is 25.9 Å². The zero-order valence-corrected chi connectivity index (χ0v) is 31.0. The van der Waals surface area contributed by atoms with E-state index < -0.39 is 74.7 Å². The number of esters is 1. The standard InChI is InChI=1S/C29H39ClN8O10S2/c1-26(2,3)46-22(43)28(7,8)48-35-16(15-13-49-23(32-15)34-24(44)47-27(4,5)6)18(39)33-17-19(40)36-14-29(21(41)42,50-20(17)36)37-11-12-38(25(37)45)31-10-9-30/h10,13,17,20H,9,11-12,14H2,1-8H3,(H,33,39)(H,41,42)(H,32,34,44)/b31-10+,35-16-/t17-,20-,29-/m1/s1. The number of alkyl halides is 1. The molecule has 0 bridgehead atoms. The first kappa shape index (κ1) is 38.6. The summed E-state index contributed by atoms with van der Waals surface area (Å²) in [4.78, 5) is 88.3. The molecule has 50 heavy (non-hydrogen) atoms. The summed E-state index contributed by atoms with van der Waals surface area (Å²) < 4.78 is 10.7. The van der Waals surface area contributed by atoms with Crippen LogP contribution in [0, 0.1) is 0 Å². The second kappa shape index (κ2) is 14.2. The summed E-state index contributed by atoms with van der Waals surface area (Å²) >= 11 is 7.40. The van der Waals surface area contributed by atoms with Gasteiger partial charge in [0, 0.05) is 18.1 Å². The van der Waals surface area contributed by atoms with Crippen LogP contribution in [-0.2, 0) is 33.5 Å². The summed E-state index contributed by atoms with van der Waals surface area (Å²) in [7, 11) is 0. The Bertz CT molecular complexity index is 1620. The zero-order valence-electron chi connectivity index (χ0n) is 28.6. The highest BCUT2D eigenvalue weighted by Gasteiger charge is 2.66. The van der Waals surface area contributed by atoms with E-state index in [1.807, 2.05) is 0 Å². The number of rotatable bonds is 11. The maximum atomic E-state index is 13.8. The zero-order chi connectivity index (χ0) is 37.4. The number of amides is 5. The molecule has 0 saturated carbocycles. The smallest absolute Gasteiger partial charge is 0.413 e. The van der Waals surface area contributed by atoms with Crippen LogP contribution in [0.1, 0.15) is 61.1 Å². The molecule has 1 aromatic heterocycles. The van der Waals surface area contributed by atoms with Crippen LogP contribution in [0.5, 0.6) is 0 Å². The van der Waals surface area contributed by atoms with Gasteiger partial charge in [0.2, 0.25) is 16.4 Å². The highest BCUT2D eigenvalue weighted by molar-refractivity contribution is 8.02. The van der Waals surface area contributed by atoms with Crippen LogP contribution in [0.3, 0.4) is 0 Å². The largest absolute Gasteiger partial charge is 0.479 e. The molecule has 4 rings (SSSR count). The number of oxime groups is 1. The molecule has 3 saturated heterocycles. The first-order chi connectivity index (χ1) is 23.1. The van der Waals surface area contributed by atoms with Gasteiger partial charge in [-0.3, -0.25) is 19.8 Å². The molecular formula is C29H39ClN8O10S2. The van der Waals surface area contributed by atoms with E-state index in [9.17, 15) is 33.9 Å². The van der Waals surface area contributed by atoms with Gasteiger partial charge in [0.25, 0.3) is 5.91 Å². The van der Waals surface area contributed by atoms with Gasteiger partial charge in [0.15, 0.2) is 10.8 Å². The third-order valence-corrected chi connectivity index (χ3v) is 9.58. The number of anilines is 1. The van der Waals surface area contributed by atoms with Crippen LogP contribution in [0.25, 0.3) is 0 Å². The van der Waals surface area contributed by atoms with Crippen molar-refractivity contribution >= 4 is 87.6 Å². The number of β-lactam (4-membered cyclic amide) rings is 1. The molecule has 21 heteroatoms. The molecule has 3 aliphatic heterocycles. The number of carbonyl (C=O) groups excluding carboxylic acids is 5. The number of nitrogens with one attached hydrogen (secondary N) is 2. The maximum Gasteiger partial charge on any atom is 0.413 e. The fraction of sp³-hybridized carbons (Fsp3) is 0.621. The van der Waals surface area contributed by atoms with Crippen molar-refractivity contribution in [3.05, 3.63) is 11.1 Å². The lowest BCUT2D eigenvalue weighted by atomic mass is 10.1. The molecule has 3 aliphatic rings. The molecule has 4 heterocycles. The second-order valence-corrected chi connectivity index (χ2v) is 16.3. The number of carboxylic acids is 1. The molecule has 0 aromatic carbocycles. The van der Waals surface area contributed by atoms with Crippen molar-refractivity contribution in [2.45, 2.75) is 88.5 Å². The first-order valence-corrected chi connectivity index (χ1v) is 17.5. The second-order valence-electron chi connectivity index (χ2n) is 13.7. The fourth-order valence-electron chi connectivity index (χ4n) is 4.75. The van der Waals surface area contributed by atoms with E-state index >= 15 is 0 Å². The van der Waals surface area contributed by atoms with Gasteiger partial charge in [0.05, 0.1) is 19.0 Å². The van der Waals surface area contributed by atoms with E-state index in [0.717, 1.165) is 33.0 Å². The number of fused-ring (bicyclic) bond motifs is 1. The van der Waals surface area contributed by atoms with Crippen LogP contribution >= 0.6 is 34.7 Å². The van der Waals surface area contributed by atoms with Gasteiger partial charge in [-0.2, -0.15) is 5.10 Å². The number of thiazole rings is 1. The number of thioether (sulfide) groups is 1. The number of urea groups is 1. The van der Waals surface area contributed by atoms with Crippen molar-refractivity contribution in [2.24, 2.45) is 10.3 Å². The molecule has 0 aliphatic carbocycles. The number of carboxylic acid groups (broad SMARTS) is 1. The number of hydrazone groups is 1. The number of carbonyl (C=O) groups is 6. The average molecular weight is 759 g/mol. The quantitative estimate of drug-likeness (QED) is 0.0974. The summed E-state index contributed by atoms with van der Waals surface area (Å²) in [5, 5.41) is 24.9. The third kappa shape index (κ3) is 8.40. The Hall–Kier alpha value is -4.17. The van der Waals surface area contributed by atoms with E-state index in [1.54, 1.807) is 41.5 Å². The van der Waals surface area contributed by atoms with Gasteiger partial charge in [-0.15, -0.1) is 22.9 Å². The van der Waals surface area contributed by atoms with Crippen LogP contribution < -0.4 is 10.6 Å². The van der Waals surface area contributed by atoms with Gasteiger partial charge < -0.3 is 29.6 Å². The summed E-state index contributed by atoms with van der Waals surface area (Å²) in [5.74, 6) is -3.63. The van der Waals surface area contributed by atoms with Gasteiger partial charge in [-0.1, -0.05) is 16.9 Å². The highest BCUT2D eigenvalue weighted by Crippen LogP contribution is 2.49. The Morgan fingerprint density at radius 3 is 2.36 bits per heavy atom. The summed E-state index contributed by atoms with van der Waals surface area (Å²) in [6, 6.07) is -1.89. The average Bonchev–Trinajstić information content (AvgIpc) is 3.69. The van der Waals surface area contributed by atoms with Crippen LogP contribution in [0.15, 0.2) is 15.6 Å². The lowest BCUT2D eigenvalue weighted by Crippen LogP contribution is -2.68. The number of aliphatic carboxylic acids is 1. The van der Waals surface area contributed by atoms with Crippen molar-refractivity contribution < 1.29 is 48.2 Å². The Morgan fingerprint density at radius 2 is 1.76 bits per heavy atom. The monoisotopic (exact) mass is 758 g/mol. The minimum Gasteiger partial charge on any atom is -0.479 e. The normalized spacial score (nSPS) is 22.7. The van der Waals surface area contributed by atoms with Crippen molar-refractivity contribution in [1.29, 1.82) is 0 Å². The summed E-state index contributed by atoms with van der Waals surface area (Å²) in [5.41, 5.74) is -3.87. The van der Waals surface area contributed by atoms with Gasteiger partial charge in [-0.25, -0.2) is 29.2 Å². The number of ether oxygens (including phenoxy) is 2. The Morgan fingerprint density at radius 1 is 1.10 bits per heavy atom. The predicted octanol–water partition coefficient (Wildman–Crippen LogP) is 2.47. The number of hydrogen-bond donors (Lipinski definition) is 3. The Balaban J connectivity index is 1.58. The minimum atomic E-state index is -1.85. The SMILES string of the molecule is CC(C)(C)OC(=O)Nc1nc(/C(=N/OC(C)(C)C(=O)OC(C)(C)C)C(=O)N[C@@H]2C(=O)N3C[C@@](C(=O)O)(N4CCN(/N=C/CCl)C4=O)S[C@H]23)cs1. The van der Waals surface area contributed by atoms with Gasteiger partial charge >= 0.3 is 24.1 Å². The fourth-order valence-corrected chi connectivity index (χ4v) is 7.13. The predicted molar refractivity (Wildman–Crippen MR) is 183 cm³/mol.